The zero-order chi connectivity index (χ0) is 21.8. The maximum absolute atomic E-state index is 14.2. The third kappa shape index (κ3) is 4.46. The molecular formula is C22H21FN4O4. The highest BCUT2D eigenvalue weighted by molar-refractivity contribution is 5.91. The van der Waals surface area contributed by atoms with E-state index in [2.05, 4.69) is 10.4 Å². The molecular weight excluding hydrogens is 403 g/mol. The van der Waals surface area contributed by atoms with Gasteiger partial charge in [0, 0.05) is 18.7 Å². The number of carbonyl (C=O) groups excluding carboxylic acids is 1. The Morgan fingerprint density at radius 1 is 1.13 bits per heavy atom. The van der Waals surface area contributed by atoms with Gasteiger partial charge >= 0.3 is 5.69 Å². The molecule has 1 N–H and O–H groups in total. The smallest absolute Gasteiger partial charge is 0.352 e. The lowest BCUT2D eigenvalue weighted by Crippen LogP contribution is -2.46. The van der Waals surface area contributed by atoms with E-state index in [0.717, 1.165) is 22.1 Å². The molecule has 4 rings (SSSR count). The number of carbonyl (C=O) groups is 1. The summed E-state index contributed by atoms with van der Waals surface area (Å²) in [5.74, 6) is -1.27. The normalized spacial score (nSPS) is 15.7. The first-order valence-corrected chi connectivity index (χ1v) is 9.97. The fourth-order valence-corrected chi connectivity index (χ4v) is 3.43. The van der Waals surface area contributed by atoms with Gasteiger partial charge in [-0.15, -0.1) is 0 Å². The number of hydrogen-bond donors (Lipinski definition) is 1. The van der Waals surface area contributed by atoms with Crippen molar-refractivity contribution in [1.82, 2.24) is 19.7 Å². The van der Waals surface area contributed by atoms with Gasteiger partial charge in [-0.25, -0.2) is 9.18 Å². The molecule has 2 heterocycles. The number of aromatic nitrogens is 3. The summed E-state index contributed by atoms with van der Waals surface area (Å²) >= 11 is 0. The van der Waals surface area contributed by atoms with Crippen molar-refractivity contribution in [2.45, 2.75) is 25.5 Å². The van der Waals surface area contributed by atoms with Gasteiger partial charge in [0.05, 0.1) is 18.3 Å². The van der Waals surface area contributed by atoms with Crippen LogP contribution in [0.4, 0.5) is 4.39 Å². The fraction of sp³-hybridized carbons (Fsp3) is 0.273. The molecule has 1 aromatic heterocycles. The molecule has 31 heavy (non-hydrogen) atoms. The van der Waals surface area contributed by atoms with Gasteiger partial charge in [0.1, 0.15) is 5.82 Å². The zero-order valence-electron chi connectivity index (χ0n) is 16.7. The molecule has 1 aliphatic heterocycles. The van der Waals surface area contributed by atoms with E-state index in [9.17, 15) is 18.8 Å². The van der Waals surface area contributed by atoms with Gasteiger partial charge in [0.25, 0.3) is 11.5 Å². The van der Waals surface area contributed by atoms with E-state index in [-0.39, 0.29) is 24.8 Å². The third-order valence-electron chi connectivity index (χ3n) is 5.08. The zero-order valence-corrected chi connectivity index (χ0v) is 16.7. The number of amides is 1. The summed E-state index contributed by atoms with van der Waals surface area (Å²) in [5.41, 5.74) is -1.57. The van der Waals surface area contributed by atoms with Crippen molar-refractivity contribution in [1.29, 1.82) is 0 Å². The Kier molecular flexibility index (Phi) is 6.03. The van der Waals surface area contributed by atoms with Gasteiger partial charge < -0.3 is 10.1 Å². The largest absolute Gasteiger partial charge is 0.376 e. The van der Waals surface area contributed by atoms with Crippen molar-refractivity contribution in [2.75, 3.05) is 13.2 Å². The van der Waals surface area contributed by atoms with E-state index in [0.29, 0.717) is 12.3 Å². The molecule has 0 bridgehead atoms. The summed E-state index contributed by atoms with van der Waals surface area (Å²) < 4.78 is 21.5. The lowest BCUT2D eigenvalue weighted by molar-refractivity contribution is 0.0849. The van der Waals surface area contributed by atoms with E-state index in [1.54, 1.807) is 36.4 Å². The van der Waals surface area contributed by atoms with Crippen molar-refractivity contribution in [3.63, 3.8) is 0 Å². The Hall–Kier alpha value is -3.59. The number of halogens is 1. The van der Waals surface area contributed by atoms with Crippen molar-refractivity contribution in [2.24, 2.45) is 0 Å². The molecule has 0 spiro atoms. The van der Waals surface area contributed by atoms with Crippen LogP contribution in [0.25, 0.3) is 5.69 Å². The summed E-state index contributed by atoms with van der Waals surface area (Å²) in [6, 6.07) is 14.3. The number of rotatable bonds is 6. The molecule has 1 saturated heterocycles. The van der Waals surface area contributed by atoms with Crippen LogP contribution < -0.4 is 16.6 Å². The highest BCUT2D eigenvalue weighted by atomic mass is 19.1. The number of hydrogen-bond acceptors (Lipinski definition) is 5. The van der Waals surface area contributed by atoms with E-state index < -0.39 is 28.7 Å². The minimum atomic E-state index is -0.884. The Bertz CT molecular complexity index is 1200. The highest BCUT2D eigenvalue weighted by Crippen LogP contribution is 2.11. The molecule has 3 aromatic rings. The second-order valence-electron chi connectivity index (χ2n) is 7.21. The first kappa shape index (κ1) is 20.7. The van der Waals surface area contributed by atoms with E-state index in [1.807, 2.05) is 0 Å². The van der Waals surface area contributed by atoms with Crippen LogP contribution in [0.2, 0.25) is 0 Å². The summed E-state index contributed by atoms with van der Waals surface area (Å²) in [4.78, 5) is 38.8. The van der Waals surface area contributed by atoms with Gasteiger partial charge in [-0.05, 0) is 31.0 Å². The van der Waals surface area contributed by atoms with Gasteiger partial charge in [0.2, 0.25) is 5.69 Å². The molecule has 8 nitrogen and oxygen atoms in total. The van der Waals surface area contributed by atoms with Gasteiger partial charge in [0.15, 0.2) is 0 Å². The van der Waals surface area contributed by atoms with Crippen LogP contribution in [-0.4, -0.2) is 39.5 Å². The Balaban J connectivity index is 1.76. The lowest BCUT2D eigenvalue weighted by Gasteiger charge is -2.14. The average Bonchev–Trinajstić information content (AvgIpc) is 3.31. The van der Waals surface area contributed by atoms with Crippen LogP contribution in [0.3, 0.4) is 0 Å². The van der Waals surface area contributed by atoms with E-state index in [1.165, 1.54) is 18.2 Å². The van der Waals surface area contributed by atoms with Gasteiger partial charge in [-0.3, -0.25) is 14.2 Å². The summed E-state index contributed by atoms with van der Waals surface area (Å²) in [5, 5.41) is 6.69. The Morgan fingerprint density at radius 3 is 2.58 bits per heavy atom. The highest BCUT2D eigenvalue weighted by Gasteiger charge is 2.23. The van der Waals surface area contributed by atoms with Crippen molar-refractivity contribution < 1.29 is 13.9 Å². The predicted molar refractivity (Wildman–Crippen MR) is 111 cm³/mol. The quantitative estimate of drug-likeness (QED) is 0.647. The Morgan fingerprint density at radius 2 is 1.87 bits per heavy atom. The topological polar surface area (TPSA) is 95.2 Å². The van der Waals surface area contributed by atoms with Gasteiger partial charge in [-0.2, -0.15) is 9.78 Å². The SMILES string of the molecule is O=C(NCC1CCCO1)c1nn(-c2ccccc2)c(=O)n(Cc2ccccc2F)c1=O. The second-order valence-corrected chi connectivity index (χ2v) is 7.21. The van der Waals surface area contributed by atoms with Gasteiger partial charge in [-0.1, -0.05) is 36.4 Å². The molecule has 1 amide bonds. The molecule has 1 aliphatic rings. The van der Waals surface area contributed by atoms with Crippen molar-refractivity contribution in [3.05, 3.63) is 92.5 Å². The number of nitrogens with one attached hydrogen (secondary N) is 1. The van der Waals surface area contributed by atoms with Crippen LogP contribution in [-0.2, 0) is 11.3 Å². The van der Waals surface area contributed by atoms with Crippen LogP contribution in [0.15, 0.2) is 64.2 Å². The third-order valence-corrected chi connectivity index (χ3v) is 5.08. The molecule has 0 aliphatic carbocycles. The molecule has 0 radical (unpaired) electrons. The summed E-state index contributed by atoms with van der Waals surface area (Å²) in [7, 11) is 0. The number of para-hydroxylation sites is 1. The summed E-state index contributed by atoms with van der Waals surface area (Å²) in [6.45, 7) is 0.538. The molecule has 160 valence electrons. The minimum Gasteiger partial charge on any atom is -0.376 e. The molecule has 1 fully saturated rings. The Labute approximate surface area is 176 Å². The first-order valence-electron chi connectivity index (χ1n) is 9.97. The lowest BCUT2D eigenvalue weighted by atomic mass is 10.2. The number of nitrogens with zero attached hydrogens (tertiary/aromatic N) is 3. The van der Waals surface area contributed by atoms with E-state index in [4.69, 9.17) is 4.74 Å². The maximum Gasteiger partial charge on any atom is 0.352 e. The van der Waals surface area contributed by atoms with Crippen LogP contribution >= 0.6 is 0 Å². The van der Waals surface area contributed by atoms with Crippen molar-refractivity contribution >= 4 is 5.91 Å². The predicted octanol–water partition coefficient (Wildman–Crippen LogP) is 1.49. The second kappa shape index (κ2) is 9.05. The molecule has 2 aromatic carbocycles. The minimum absolute atomic E-state index is 0.121. The standard InChI is InChI=1S/C22H21FN4O4/c23-18-11-5-4-7-15(18)14-26-21(29)19(20(28)24-13-17-10-6-12-31-17)25-27(22(26)30)16-8-2-1-3-9-16/h1-5,7-9,11,17H,6,10,12-14H2,(H,24,28). The summed E-state index contributed by atoms with van der Waals surface area (Å²) in [6.07, 6.45) is 1.60. The maximum atomic E-state index is 14.2. The molecule has 1 unspecified atom stereocenters. The van der Waals surface area contributed by atoms with E-state index >= 15 is 0 Å². The molecule has 1 atom stereocenters. The van der Waals surface area contributed by atoms with Crippen LogP contribution in [0.5, 0.6) is 0 Å². The van der Waals surface area contributed by atoms with Crippen molar-refractivity contribution in [3.8, 4) is 5.69 Å². The monoisotopic (exact) mass is 424 g/mol. The first-order chi connectivity index (χ1) is 15.0. The van der Waals surface area contributed by atoms with Crippen LogP contribution in [0, 0.1) is 5.82 Å². The number of ether oxygens (including phenoxy) is 1. The average molecular weight is 424 g/mol. The van der Waals surface area contributed by atoms with Crippen LogP contribution in [0.1, 0.15) is 28.9 Å². The molecule has 0 saturated carbocycles. The number of benzene rings is 2. The molecule has 9 heteroatoms. The fourth-order valence-electron chi connectivity index (χ4n) is 3.43.